The lowest BCUT2D eigenvalue weighted by atomic mass is 10.1. The highest BCUT2D eigenvalue weighted by Crippen LogP contribution is 2.33. The number of nitrogens with zero attached hydrogens (tertiary/aromatic N) is 1. The van der Waals surface area contributed by atoms with Crippen LogP contribution in [0.3, 0.4) is 0 Å². The smallest absolute Gasteiger partial charge is 0.223 e. The Labute approximate surface area is 88.8 Å². The van der Waals surface area contributed by atoms with Crippen molar-refractivity contribution >= 4 is 21.8 Å². The Kier molecular flexibility index (Phi) is 3.38. The van der Waals surface area contributed by atoms with Gasteiger partial charge in [-0.05, 0) is 32.6 Å². The van der Waals surface area contributed by atoms with E-state index in [4.69, 9.17) is 0 Å². The highest BCUT2D eigenvalue weighted by Gasteiger charge is 2.31. The molecule has 1 aliphatic rings. The quantitative estimate of drug-likeness (QED) is 0.699. The maximum absolute atomic E-state index is 11.7. The molecule has 0 aromatic rings. The van der Waals surface area contributed by atoms with Crippen LogP contribution in [0.4, 0.5) is 0 Å². The molecule has 1 fully saturated rings. The van der Waals surface area contributed by atoms with E-state index >= 15 is 0 Å². The number of alkyl halides is 1. The predicted octanol–water partition coefficient (Wildman–Crippen LogP) is 2.42. The summed E-state index contributed by atoms with van der Waals surface area (Å²) in [6.07, 6.45) is 3.23. The van der Waals surface area contributed by atoms with Crippen LogP contribution in [-0.2, 0) is 4.79 Å². The molecule has 13 heavy (non-hydrogen) atoms. The van der Waals surface area contributed by atoms with E-state index in [-0.39, 0.29) is 11.4 Å². The Morgan fingerprint density at radius 1 is 1.54 bits per heavy atom. The third kappa shape index (κ3) is 2.97. The van der Waals surface area contributed by atoms with Gasteiger partial charge in [0.05, 0.1) is 0 Å². The summed E-state index contributed by atoms with van der Waals surface area (Å²) in [5.74, 6) is 0.966. The monoisotopic (exact) mass is 247 g/mol. The van der Waals surface area contributed by atoms with Gasteiger partial charge in [0.2, 0.25) is 5.91 Å². The summed E-state index contributed by atoms with van der Waals surface area (Å²) in [5, 5.41) is 0.826. The van der Waals surface area contributed by atoms with E-state index in [0.717, 1.165) is 11.8 Å². The molecule has 2 nitrogen and oxygen atoms in total. The van der Waals surface area contributed by atoms with Crippen LogP contribution in [0.2, 0.25) is 0 Å². The molecule has 0 N–H and O–H groups in total. The van der Waals surface area contributed by atoms with Crippen LogP contribution in [0.5, 0.6) is 0 Å². The minimum atomic E-state index is -0.0635. The van der Waals surface area contributed by atoms with Gasteiger partial charge >= 0.3 is 0 Å². The molecule has 1 amide bonds. The number of rotatable bonds is 4. The Hall–Kier alpha value is -0.0500. The Morgan fingerprint density at radius 2 is 2.08 bits per heavy atom. The van der Waals surface area contributed by atoms with E-state index in [2.05, 4.69) is 29.8 Å². The van der Waals surface area contributed by atoms with Crippen LogP contribution in [0.1, 0.15) is 33.1 Å². The predicted molar refractivity (Wildman–Crippen MR) is 58.0 cm³/mol. The topological polar surface area (TPSA) is 20.3 Å². The minimum absolute atomic E-state index is 0.0635. The van der Waals surface area contributed by atoms with Gasteiger partial charge in [0.25, 0.3) is 0 Å². The van der Waals surface area contributed by atoms with Crippen molar-refractivity contribution in [2.45, 2.75) is 38.6 Å². The molecule has 0 radical (unpaired) electrons. The molecule has 0 heterocycles. The van der Waals surface area contributed by atoms with Gasteiger partial charge in [-0.25, -0.2) is 0 Å². The number of carbonyl (C=O) groups is 1. The van der Waals surface area contributed by atoms with Gasteiger partial charge in [0.1, 0.15) is 0 Å². The fourth-order valence-electron chi connectivity index (χ4n) is 1.13. The van der Waals surface area contributed by atoms with Crippen molar-refractivity contribution in [1.29, 1.82) is 0 Å². The molecule has 0 saturated heterocycles. The highest BCUT2D eigenvalue weighted by molar-refractivity contribution is 9.09. The van der Waals surface area contributed by atoms with Gasteiger partial charge < -0.3 is 4.90 Å². The van der Waals surface area contributed by atoms with Gasteiger partial charge in [-0.3, -0.25) is 4.79 Å². The molecule has 0 atom stereocenters. The highest BCUT2D eigenvalue weighted by atomic mass is 79.9. The van der Waals surface area contributed by atoms with E-state index in [1.165, 1.54) is 12.8 Å². The first-order valence-corrected chi connectivity index (χ1v) is 5.92. The van der Waals surface area contributed by atoms with Crippen molar-refractivity contribution in [2.75, 3.05) is 12.4 Å². The Balaban J connectivity index is 2.44. The standard InChI is InChI=1S/C10H18BrNO/c1-10(2,7-11)12(3)9(13)6-8-4-5-8/h8H,4-7H2,1-3H3. The Morgan fingerprint density at radius 3 is 2.46 bits per heavy atom. The zero-order valence-electron chi connectivity index (χ0n) is 8.64. The molecule has 76 valence electrons. The molecule has 0 aromatic heterocycles. The first-order valence-electron chi connectivity index (χ1n) is 4.80. The van der Waals surface area contributed by atoms with Gasteiger partial charge in [0.15, 0.2) is 0 Å². The molecule has 1 aliphatic carbocycles. The van der Waals surface area contributed by atoms with Crippen molar-refractivity contribution in [1.82, 2.24) is 4.90 Å². The maximum Gasteiger partial charge on any atom is 0.223 e. The van der Waals surface area contributed by atoms with E-state index in [0.29, 0.717) is 5.92 Å². The fraction of sp³-hybridized carbons (Fsp3) is 0.900. The second-order valence-corrected chi connectivity index (χ2v) is 5.11. The van der Waals surface area contributed by atoms with E-state index in [9.17, 15) is 4.79 Å². The molecule has 3 heteroatoms. The summed E-state index contributed by atoms with van der Waals surface area (Å²) in [4.78, 5) is 13.6. The number of halogens is 1. The summed E-state index contributed by atoms with van der Waals surface area (Å²) in [7, 11) is 1.89. The van der Waals surface area contributed by atoms with Crippen molar-refractivity contribution in [3.05, 3.63) is 0 Å². The van der Waals surface area contributed by atoms with Crippen LogP contribution in [0.15, 0.2) is 0 Å². The SMILES string of the molecule is CN(C(=O)CC1CC1)C(C)(C)CBr. The molecule has 0 spiro atoms. The zero-order chi connectivity index (χ0) is 10.1. The molecule has 0 unspecified atom stereocenters. The molecule has 0 aliphatic heterocycles. The average molecular weight is 248 g/mol. The number of amides is 1. The number of hydrogen-bond donors (Lipinski definition) is 0. The van der Waals surface area contributed by atoms with E-state index in [1.807, 2.05) is 11.9 Å². The lowest BCUT2D eigenvalue weighted by Crippen LogP contribution is -2.46. The first kappa shape index (κ1) is 11.0. The van der Waals surface area contributed by atoms with E-state index < -0.39 is 0 Å². The summed E-state index contributed by atoms with van der Waals surface area (Å²) in [5.41, 5.74) is -0.0635. The Bertz CT molecular complexity index is 199. The lowest BCUT2D eigenvalue weighted by Gasteiger charge is -2.34. The van der Waals surface area contributed by atoms with Crippen molar-refractivity contribution in [3.8, 4) is 0 Å². The molecule has 0 bridgehead atoms. The fourth-order valence-corrected chi connectivity index (χ4v) is 1.51. The third-order valence-corrected chi connectivity index (χ3v) is 4.14. The number of hydrogen-bond acceptors (Lipinski definition) is 1. The van der Waals surface area contributed by atoms with Gasteiger partial charge in [-0.1, -0.05) is 15.9 Å². The maximum atomic E-state index is 11.7. The largest absolute Gasteiger partial charge is 0.340 e. The second-order valence-electron chi connectivity index (χ2n) is 4.55. The molecule has 1 saturated carbocycles. The van der Waals surface area contributed by atoms with Crippen LogP contribution in [-0.4, -0.2) is 28.7 Å². The van der Waals surface area contributed by atoms with Gasteiger partial charge in [0, 0.05) is 24.3 Å². The summed E-state index contributed by atoms with van der Waals surface area (Å²) < 4.78 is 0. The van der Waals surface area contributed by atoms with Crippen molar-refractivity contribution in [3.63, 3.8) is 0 Å². The van der Waals surface area contributed by atoms with Crippen molar-refractivity contribution in [2.24, 2.45) is 5.92 Å². The summed E-state index contributed by atoms with van der Waals surface area (Å²) in [6, 6.07) is 0. The average Bonchev–Trinajstić information content (AvgIpc) is 2.86. The van der Waals surface area contributed by atoms with E-state index in [1.54, 1.807) is 0 Å². The third-order valence-electron chi connectivity index (χ3n) is 2.77. The minimum Gasteiger partial charge on any atom is -0.340 e. The first-order chi connectivity index (χ1) is 5.97. The van der Waals surface area contributed by atoms with Crippen LogP contribution < -0.4 is 0 Å². The molecule has 1 rings (SSSR count). The summed E-state index contributed by atoms with van der Waals surface area (Å²) in [6.45, 7) is 4.15. The zero-order valence-corrected chi connectivity index (χ0v) is 10.2. The second kappa shape index (κ2) is 3.99. The van der Waals surface area contributed by atoms with Gasteiger partial charge in [-0.15, -0.1) is 0 Å². The molecule has 0 aromatic carbocycles. The van der Waals surface area contributed by atoms with Crippen molar-refractivity contribution < 1.29 is 4.79 Å². The van der Waals surface area contributed by atoms with Crippen LogP contribution in [0.25, 0.3) is 0 Å². The lowest BCUT2D eigenvalue weighted by molar-refractivity contribution is -0.134. The van der Waals surface area contributed by atoms with Crippen LogP contribution in [0, 0.1) is 5.92 Å². The molecular weight excluding hydrogens is 230 g/mol. The van der Waals surface area contributed by atoms with Gasteiger partial charge in [-0.2, -0.15) is 0 Å². The molecular formula is C10H18BrNO. The van der Waals surface area contributed by atoms with Crippen LogP contribution >= 0.6 is 15.9 Å². The summed E-state index contributed by atoms with van der Waals surface area (Å²) >= 11 is 3.43. The number of carbonyl (C=O) groups excluding carboxylic acids is 1. The normalized spacial score (nSPS) is 17.2.